The lowest BCUT2D eigenvalue weighted by molar-refractivity contribution is -0.384. The van der Waals surface area contributed by atoms with Gasteiger partial charge in [-0.05, 0) is 37.8 Å². The summed E-state index contributed by atoms with van der Waals surface area (Å²) < 4.78 is 0. The Balaban J connectivity index is 2.41. The second-order valence-electron chi connectivity index (χ2n) is 5.10. The third-order valence-electron chi connectivity index (χ3n) is 3.95. The van der Waals surface area contributed by atoms with Crippen molar-refractivity contribution in [3.63, 3.8) is 0 Å². The highest BCUT2D eigenvalue weighted by molar-refractivity contribution is 9.08. The summed E-state index contributed by atoms with van der Waals surface area (Å²) in [5.41, 5.74) is 2.30. The molecule has 0 saturated carbocycles. The van der Waals surface area contributed by atoms with Gasteiger partial charge in [0.1, 0.15) is 0 Å². The summed E-state index contributed by atoms with van der Waals surface area (Å²) in [6, 6.07) is 6.25. The fourth-order valence-corrected chi connectivity index (χ4v) is 3.40. The van der Waals surface area contributed by atoms with Gasteiger partial charge in [0, 0.05) is 35.2 Å². The van der Waals surface area contributed by atoms with Crippen LogP contribution in [0.2, 0.25) is 0 Å². The first-order valence-corrected chi connectivity index (χ1v) is 7.82. The van der Waals surface area contributed by atoms with E-state index in [4.69, 9.17) is 0 Å². The zero-order valence-corrected chi connectivity index (χ0v) is 12.9. The van der Waals surface area contributed by atoms with E-state index in [0.29, 0.717) is 17.4 Å². The van der Waals surface area contributed by atoms with Gasteiger partial charge in [0.15, 0.2) is 0 Å². The Labute approximate surface area is 122 Å². The van der Waals surface area contributed by atoms with Gasteiger partial charge in [-0.25, -0.2) is 0 Å². The van der Waals surface area contributed by atoms with E-state index in [1.165, 1.54) is 12.8 Å². The van der Waals surface area contributed by atoms with Crippen molar-refractivity contribution in [2.45, 2.75) is 50.5 Å². The van der Waals surface area contributed by atoms with Crippen LogP contribution in [-0.2, 0) is 5.33 Å². The van der Waals surface area contributed by atoms with Crippen molar-refractivity contribution < 1.29 is 4.92 Å². The van der Waals surface area contributed by atoms with Crippen LogP contribution in [0, 0.1) is 10.1 Å². The summed E-state index contributed by atoms with van der Waals surface area (Å²) in [5.74, 6) is 0. The van der Waals surface area contributed by atoms with Crippen LogP contribution in [0.1, 0.15) is 38.7 Å². The summed E-state index contributed by atoms with van der Waals surface area (Å²) in [5, 5.41) is 11.5. The molecule has 1 aliphatic rings. The number of nitro benzene ring substituents is 1. The molecule has 0 radical (unpaired) electrons. The molecule has 19 heavy (non-hydrogen) atoms. The van der Waals surface area contributed by atoms with Gasteiger partial charge < -0.3 is 4.90 Å². The second-order valence-corrected chi connectivity index (χ2v) is 5.66. The minimum atomic E-state index is -0.333. The Morgan fingerprint density at radius 3 is 2.79 bits per heavy atom. The Bertz CT molecular complexity index is 479. The van der Waals surface area contributed by atoms with Crippen molar-refractivity contribution in [2.24, 2.45) is 0 Å². The minimum Gasteiger partial charge on any atom is -0.366 e. The monoisotopic (exact) mass is 326 g/mol. The summed E-state index contributed by atoms with van der Waals surface area (Å²) in [6.07, 6.45) is 3.51. The molecule has 4 nitrogen and oxygen atoms in total. The molecule has 0 aliphatic carbocycles. The zero-order chi connectivity index (χ0) is 14.0. The van der Waals surface area contributed by atoms with Gasteiger partial charge in [-0.1, -0.05) is 22.9 Å². The fourth-order valence-electron chi connectivity index (χ4n) is 2.95. The maximum Gasteiger partial charge on any atom is 0.269 e. The standard InChI is InChI=1S/C14H19BrN2O2/c1-3-12-5-4-10(2)16(12)14-7-6-13(17(18)19)8-11(14)9-15/h6-8,10,12H,3-5,9H2,1-2H3. The average Bonchev–Trinajstić information content (AvgIpc) is 2.78. The predicted molar refractivity (Wildman–Crippen MR) is 81.0 cm³/mol. The van der Waals surface area contributed by atoms with Gasteiger partial charge in [0.05, 0.1) is 4.92 Å². The topological polar surface area (TPSA) is 46.4 Å². The molecule has 0 aromatic heterocycles. The second kappa shape index (κ2) is 5.90. The normalized spacial score (nSPS) is 22.8. The third-order valence-corrected chi connectivity index (χ3v) is 4.56. The summed E-state index contributed by atoms with van der Waals surface area (Å²) >= 11 is 3.45. The number of hydrogen-bond acceptors (Lipinski definition) is 3. The van der Waals surface area contributed by atoms with Crippen molar-refractivity contribution in [1.29, 1.82) is 0 Å². The molecule has 1 aliphatic heterocycles. The molecule has 2 rings (SSSR count). The molecule has 1 aromatic carbocycles. The highest BCUT2D eigenvalue weighted by Gasteiger charge is 2.31. The molecular weight excluding hydrogens is 308 g/mol. The van der Waals surface area contributed by atoms with Crippen molar-refractivity contribution in [2.75, 3.05) is 4.90 Å². The molecule has 0 spiro atoms. The summed E-state index contributed by atoms with van der Waals surface area (Å²) in [7, 11) is 0. The molecule has 1 heterocycles. The van der Waals surface area contributed by atoms with E-state index in [1.807, 2.05) is 6.07 Å². The maximum atomic E-state index is 10.9. The minimum absolute atomic E-state index is 0.165. The van der Waals surface area contributed by atoms with Crippen molar-refractivity contribution in [3.05, 3.63) is 33.9 Å². The third kappa shape index (κ3) is 2.76. The highest BCUT2D eigenvalue weighted by Crippen LogP contribution is 2.36. The number of nitro groups is 1. The highest BCUT2D eigenvalue weighted by atomic mass is 79.9. The lowest BCUT2D eigenvalue weighted by Gasteiger charge is -2.32. The lowest BCUT2D eigenvalue weighted by atomic mass is 10.1. The molecule has 5 heteroatoms. The van der Waals surface area contributed by atoms with Crippen LogP contribution in [0.15, 0.2) is 18.2 Å². The first-order chi connectivity index (χ1) is 9.08. The fraction of sp³-hybridized carbons (Fsp3) is 0.571. The molecule has 2 unspecified atom stereocenters. The average molecular weight is 327 g/mol. The number of halogens is 1. The molecule has 1 aromatic rings. The van der Waals surface area contributed by atoms with E-state index in [0.717, 1.165) is 17.7 Å². The summed E-state index contributed by atoms with van der Waals surface area (Å²) in [6.45, 7) is 4.43. The Hall–Kier alpha value is -1.10. The zero-order valence-electron chi connectivity index (χ0n) is 11.3. The van der Waals surface area contributed by atoms with Crippen LogP contribution < -0.4 is 4.90 Å². The van der Waals surface area contributed by atoms with E-state index in [1.54, 1.807) is 12.1 Å². The number of alkyl halides is 1. The first-order valence-electron chi connectivity index (χ1n) is 6.70. The largest absolute Gasteiger partial charge is 0.366 e. The Morgan fingerprint density at radius 2 is 2.21 bits per heavy atom. The van der Waals surface area contributed by atoms with Gasteiger partial charge in [-0.2, -0.15) is 0 Å². The molecule has 104 valence electrons. The van der Waals surface area contributed by atoms with Crippen molar-refractivity contribution in [3.8, 4) is 0 Å². The van der Waals surface area contributed by atoms with E-state index in [9.17, 15) is 10.1 Å². The molecule has 1 saturated heterocycles. The van der Waals surface area contributed by atoms with E-state index in [2.05, 4.69) is 34.7 Å². The van der Waals surface area contributed by atoms with Crippen molar-refractivity contribution >= 4 is 27.3 Å². The number of non-ortho nitro benzene ring substituents is 1. The number of hydrogen-bond donors (Lipinski definition) is 0. The molecule has 0 bridgehead atoms. The summed E-state index contributed by atoms with van der Waals surface area (Å²) in [4.78, 5) is 13.0. The Morgan fingerprint density at radius 1 is 1.47 bits per heavy atom. The van der Waals surface area contributed by atoms with Crippen LogP contribution in [0.3, 0.4) is 0 Å². The van der Waals surface area contributed by atoms with Gasteiger partial charge in [0.2, 0.25) is 0 Å². The predicted octanol–water partition coefficient (Wildman–Crippen LogP) is 4.26. The SMILES string of the molecule is CCC1CCC(C)N1c1ccc([N+](=O)[O-])cc1CBr. The molecule has 2 atom stereocenters. The molecule has 1 fully saturated rings. The van der Waals surface area contributed by atoms with E-state index < -0.39 is 0 Å². The Kier molecular flexibility index (Phi) is 4.45. The maximum absolute atomic E-state index is 10.9. The van der Waals surface area contributed by atoms with Crippen LogP contribution in [0.4, 0.5) is 11.4 Å². The van der Waals surface area contributed by atoms with Gasteiger partial charge >= 0.3 is 0 Å². The number of rotatable bonds is 4. The first kappa shape index (κ1) is 14.3. The van der Waals surface area contributed by atoms with Crippen LogP contribution in [0.25, 0.3) is 0 Å². The molecular formula is C14H19BrN2O2. The van der Waals surface area contributed by atoms with Crippen LogP contribution in [0.5, 0.6) is 0 Å². The molecule has 0 amide bonds. The van der Waals surface area contributed by atoms with Crippen molar-refractivity contribution in [1.82, 2.24) is 0 Å². The van der Waals surface area contributed by atoms with Crippen LogP contribution >= 0.6 is 15.9 Å². The van der Waals surface area contributed by atoms with Gasteiger partial charge in [-0.15, -0.1) is 0 Å². The quantitative estimate of drug-likeness (QED) is 0.472. The van der Waals surface area contributed by atoms with Crippen LogP contribution in [-0.4, -0.2) is 17.0 Å². The number of benzene rings is 1. The number of anilines is 1. The van der Waals surface area contributed by atoms with Gasteiger partial charge in [0.25, 0.3) is 5.69 Å². The lowest BCUT2D eigenvalue weighted by Crippen LogP contribution is -2.34. The smallest absolute Gasteiger partial charge is 0.269 e. The van der Waals surface area contributed by atoms with E-state index in [-0.39, 0.29) is 10.6 Å². The number of nitrogens with zero attached hydrogens (tertiary/aromatic N) is 2. The van der Waals surface area contributed by atoms with E-state index >= 15 is 0 Å². The molecule has 0 N–H and O–H groups in total. The van der Waals surface area contributed by atoms with Gasteiger partial charge in [-0.3, -0.25) is 10.1 Å².